The van der Waals surface area contributed by atoms with Gasteiger partial charge in [0.1, 0.15) is 12.2 Å². The second-order valence-corrected chi connectivity index (χ2v) is 10.8. The van der Waals surface area contributed by atoms with Crippen molar-refractivity contribution in [1.82, 2.24) is 24.6 Å². The van der Waals surface area contributed by atoms with Gasteiger partial charge in [0.15, 0.2) is 0 Å². The van der Waals surface area contributed by atoms with Crippen LogP contribution in [-0.2, 0) is 26.3 Å². The standard InChI is InChI=1S/C28H35F3N6/c1-19-5-4-10-37(16-19)17-21-12-25(28(29,30)31)26(33-14-21)15-32-23-7-3-6-22(13-23)24(11-20-8-9-20)27-35-34-18-36(27)2/h3,6-7,12-14,18-20,24,32H,4-5,8-11,15-17H2,1-2H3/t19-,24?/m0/s1. The molecule has 3 aromatic rings. The molecule has 1 N–H and O–H groups in total. The molecule has 1 saturated heterocycles. The maximum atomic E-state index is 14.0. The van der Waals surface area contributed by atoms with Crippen molar-refractivity contribution in [3.63, 3.8) is 0 Å². The van der Waals surface area contributed by atoms with E-state index in [0.29, 0.717) is 23.9 Å². The molecule has 1 saturated carbocycles. The van der Waals surface area contributed by atoms with Gasteiger partial charge >= 0.3 is 6.18 Å². The summed E-state index contributed by atoms with van der Waals surface area (Å²) in [4.78, 5) is 6.50. The first-order valence-corrected chi connectivity index (χ1v) is 13.2. The molecular formula is C28H35F3N6. The van der Waals surface area contributed by atoms with E-state index in [-0.39, 0.29) is 18.2 Å². The van der Waals surface area contributed by atoms with Gasteiger partial charge < -0.3 is 9.88 Å². The molecular weight excluding hydrogens is 477 g/mol. The van der Waals surface area contributed by atoms with Gasteiger partial charge in [-0.25, -0.2) is 0 Å². The number of rotatable bonds is 9. The van der Waals surface area contributed by atoms with Crippen molar-refractivity contribution in [2.45, 2.75) is 64.2 Å². The summed E-state index contributed by atoms with van der Waals surface area (Å²) in [5.41, 5.74) is 1.81. The molecule has 2 atom stereocenters. The lowest BCUT2D eigenvalue weighted by molar-refractivity contribution is -0.138. The number of aromatic nitrogens is 4. The molecule has 37 heavy (non-hydrogen) atoms. The summed E-state index contributed by atoms with van der Waals surface area (Å²) in [6, 6.07) is 9.17. The number of pyridine rings is 1. The normalized spacial score (nSPS) is 19.6. The van der Waals surface area contributed by atoms with Crippen molar-refractivity contribution in [2.24, 2.45) is 18.9 Å². The number of likely N-dealkylation sites (tertiary alicyclic amines) is 1. The average molecular weight is 513 g/mol. The van der Waals surface area contributed by atoms with Gasteiger partial charge in [-0.1, -0.05) is 31.9 Å². The van der Waals surface area contributed by atoms with Crippen molar-refractivity contribution < 1.29 is 13.2 Å². The average Bonchev–Trinajstić information content (AvgIpc) is 3.59. The summed E-state index contributed by atoms with van der Waals surface area (Å²) < 4.78 is 43.9. The Morgan fingerprint density at radius 2 is 2.00 bits per heavy atom. The van der Waals surface area contributed by atoms with Gasteiger partial charge in [0.2, 0.25) is 0 Å². The van der Waals surface area contributed by atoms with Crippen LogP contribution in [0.3, 0.4) is 0 Å². The number of aryl methyl sites for hydroxylation is 1. The third-order valence-electron chi connectivity index (χ3n) is 7.55. The maximum absolute atomic E-state index is 14.0. The lowest BCUT2D eigenvalue weighted by Crippen LogP contribution is -2.33. The van der Waals surface area contributed by atoms with Crippen LogP contribution in [0.4, 0.5) is 18.9 Å². The van der Waals surface area contributed by atoms with Crippen LogP contribution in [0.1, 0.15) is 73.2 Å². The SMILES string of the molecule is C[C@H]1CCCN(Cc2cnc(CNc3cccc(C(CC4CC4)c4nncn4C)c3)c(C(F)(F)F)c2)C1. The molecule has 9 heteroatoms. The summed E-state index contributed by atoms with van der Waals surface area (Å²) in [5, 5.41) is 11.6. The smallest absolute Gasteiger partial charge is 0.379 e. The molecule has 1 aliphatic heterocycles. The minimum atomic E-state index is -4.46. The van der Waals surface area contributed by atoms with Gasteiger partial charge in [-0.2, -0.15) is 13.2 Å². The molecule has 3 heterocycles. The van der Waals surface area contributed by atoms with E-state index >= 15 is 0 Å². The van der Waals surface area contributed by atoms with E-state index in [1.165, 1.54) is 25.3 Å². The molecule has 6 nitrogen and oxygen atoms in total. The number of hydrogen-bond donors (Lipinski definition) is 1. The summed E-state index contributed by atoms with van der Waals surface area (Å²) in [6.07, 6.45) is 4.55. The predicted octanol–water partition coefficient (Wildman–Crippen LogP) is 6.00. The fourth-order valence-electron chi connectivity index (χ4n) is 5.43. The van der Waals surface area contributed by atoms with E-state index in [1.807, 2.05) is 29.8 Å². The van der Waals surface area contributed by atoms with E-state index < -0.39 is 11.7 Å². The lowest BCUT2D eigenvalue weighted by atomic mass is 9.92. The monoisotopic (exact) mass is 512 g/mol. The van der Waals surface area contributed by atoms with Crippen LogP contribution in [0, 0.1) is 11.8 Å². The van der Waals surface area contributed by atoms with Crippen LogP contribution in [0.5, 0.6) is 0 Å². The Bertz CT molecular complexity index is 1200. The highest BCUT2D eigenvalue weighted by atomic mass is 19.4. The van der Waals surface area contributed by atoms with Crippen LogP contribution in [-0.4, -0.2) is 37.7 Å². The highest BCUT2D eigenvalue weighted by molar-refractivity contribution is 5.48. The fraction of sp³-hybridized carbons (Fsp3) is 0.536. The van der Waals surface area contributed by atoms with E-state index in [9.17, 15) is 13.2 Å². The molecule has 0 radical (unpaired) electrons. The zero-order valence-corrected chi connectivity index (χ0v) is 21.5. The quantitative estimate of drug-likeness (QED) is 0.381. The topological polar surface area (TPSA) is 58.9 Å². The summed E-state index contributed by atoms with van der Waals surface area (Å²) in [7, 11) is 1.94. The maximum Gasteiger partial charge on any atom is 0.418 e. The first-order chi connectivity index (χ1) is 17.8. The van der Waals surface area contributed by atoms with E-state index in [2.05, 4.69) is 38.4 Å². The van der Waals surface area contributed by atoms with Crippen LogP contribution in [0.15, 0.2) is 42.9 Å². The van der Waals surface area contributed by atoms with Gasteiger partial charge in [0, 0.05) is 37.9 Å². The molecule has 1 aliphatic carbocycles. The summed E-state index contributed by atoms with van der Waals surface area (Å²) in [5.74, 6) is 2.26. The van der Waals surface area contributed by atoms with Crippen molar-refractivity contribution in [1.29, 1.82) is 0 Å². The van der Waals surface area contributed by atoms with Gasteiger partial charge in [0.25, 0.3) is 0 Å². The molecule has 1 aromatic carbocycles. The van der Waals surface area contributed by atoms with Crippen LogP contribution in [0.25, 0.3) is 0 Å². The highest BCUT2D eigenvalue weighted by Gasteiger charge is 2.35. The minimum absolute atomic E-state index is 0.00340. The Morgan fingerprint density at radius 3 is 2.70 bits per heavy atom. The molecule has 0 amide bonds. The van der Waals surface area contributed by atoms with Gasteiger partial charge in [-0.15, -0.1) is 10.2 Å². The van der Waals surface area contributed by atoms with E-state index in [0.717, 1.165) is 43.0 Å². The number of alkyl halides is 3. The molecule has 198 valence electrons. The molecule has 0 spiro atoms. The number of hydrogen-bond acceptors (Lipinski definition) is 5. The number of piperidine rings is 1. The van der Waals surface area contributed by atoms with Gasteiger partial charge in [-0.3, -0.25) is 9.88 Å². The van der Waals surface area contributed by atoms with E-state index in [4.69, 9.17) is 0 Å². The number of benzene rings is 1. The third-order valence-corrected chi connectivity index (χ3v) is 7.55. The van der Waals surface area contributed by atoms with Gasteiger partial charge in [-0.05, 0) is 67.0 Å². The Balaban J connectivity index is 1.32. The largest absolute Gasteiger partial charge is 0.418 e. The number of anilines is 1. The van der Waals surface area contributed by atoms with Gasteiger partial charge in [0.05, 0.1) is 17.8 Å². The Morgan fingerprint density at radius 1 is 1.16 bits per heavy atom. The fourth-order valence-corrected chi connectivity index (χ4v) is 5.43. The third kappa shape index (κ3) is 6.50. The zero-order chi connectivity index (χ0) is 26.0. The zero-order valence-electron chi connectivity index (χ0n) is 21.5. The number of halogens is 3. The highest BCUT2D eigenvalue weighted by Crippen LogP contribution is 2.41. The summed E-state index contributed by atoms with van der Waals surface area (Å²) >= 11 is 0. The summed E-state index contributed by atoms with van der Waals surface area (Å²) in [6.45, 7) is 4.52. The van der Waals surface area contributed by atoms with Crippen LogP contribution in [0.2, 0.25) is 0 Å². The van der Waals surface area contributed by atoms with Crippen molar-refractivity contribution in [3.8, 4) is 0 Å². The number of nitrogens with zero attached hydrogens (tertiary/aromatic N) is 5. The first-order valence-electron chi connectivity index (χ1n) is 13.2. The molecule has 2 fully saturated rings. The van der Waals surface area contributed by atoms with Crippen molar-refractivity contribution in [3.05, 3.63) is 71.1 Å². The minimum Gasteiger partial charge on any atom is -0.379 e. The Labute approximate surface area is 216 Å². The predicted molar refractivity (Wildman–Crippen MR) is 137 cm³/mol. The van der Waals surface area contributed by atoms with Crippen LogP contribution >= 0.6 is 0 Å². The Kier molecular flexibility index (Phi) is 7.51. The lowest BCUT2D eigenvalue weighted by Gasteiger charge is -2.31. The first kappa shape index (κ1) is 25.7. The van der Waals surface area contributed by atoms with Crippen LogP contribution < -0.4 is 5.32 Å². The number of nitrogens with one attached hydrogen (secondary N) is 1. The van der Waals surface area contributed by atoms with Crippen molar-refractivity contribution in [2.75, 3.05) is 18.4 Å². The van der Waals surface area contributed by atoms with Crippen molar-refractivity contribution >= 4 is 5.69 Å². The van der Waals surface area contributed by atoms with E-state index in [1.54, 1.807) is 12.5 Å². The Hall–Kier alpha value is -2.94. The second-order valence-electron chi connectivity index (χ2n) is 10.8. The molecule has 2 aliphatic rings. The molecule has 1 unspecified atom stereocenters. The molecule has 5 rings (SSSR count). The molecule has 0 bridgehead atoms. The second kappa shape index (κ2) is 10.8. The molecule has 2 aromatic heterocycles.